The maximum Gasteiger partial charge on any atom is 0.266 e. The maximum atomic E-state index is 12.3. The van der Waals surface area contributed by atoms with E-state index in [-0.39, 0.29) is 17.4 Å². The van der Waals surface area contributed by atoms with Crippen LogP contribution in [0.1, 0.15) is 25.0 Å². The molecule has 0 radical (unpaired) electrons. The smallest absolute Gasteiger partial charge is 0.266 e. The minimum absolute atomic E-state index is 0.0489. The minimum Gasteiger partial charge on any atom is -0.381 e. The zero-order valence-electron chi connectivity index (χ0n) is 13.0. The normalized spacial score (nSPS) is 23.0. The Morgan fingerprint density at radius 3 is 2.77 bits per heavy atom. The van der Waals surface area contributed by atoms with Crippen LogP contribution in [0.25, 0.3) is 0 Å². The molecule has 22 heavy (non-hydrogen) atoms. The van der Waals surface area contributed by atoms with E-state index in [0.29, 0.717) is 25.7 Å². The molecule has 3 rings (SSSR count). The molecule has 6 nitrogen and oxygen atoms in total. The van der Waals surface area contributed by atoms with Gasteiger partial charge in [0.25, 0.3) is 5.56 Å². The summed E-state index contributed by atoms with van der Waals surface area (Å²) in [7, 11) is 0. The largest absolute Gasteiger partial charge is 0.381 e. The van der Waals surface area contributed by atoms with Crippen LogP contribution in [-0.4, -0.2) is 46.9 Å². The van der Waals surface area contributed by atoms with Crippen molar-refractivity contribution >= 4 is 5.91 Å². The number of piperidine rings is 1. The number of carbonyl (C=O) groups is 1. The highest BCUT2D eigenvalue weighted by Crippen LogP contribution is 2.22. The molecular formula is C16H23N3O3. The highest BCUT2D eigenvalue weighted by Gasteiger charge is 2.30. The fraction of sp³-hybridized carbons (Fsp3) is 0.688. The summed E-state index contributed by atoms with van der Waals surface area (Å²) in [6, 6.07) is 3.31. The van der Waals surface area contributed by atoms with Crippen LogP contribution in [0.2, 0.25) is 0 Å². The van der Waals surface area contributed by atoms with Crippen LogP contribution in [0.3, 0.4) is 0 Å². The number of ether oxygens (including phenoxy) is 1. The lowest BCUT2D eigenvalue weighted by molar-refractivity contribution is -0.137. The van der Waals surface area contributed by atoms with Crippen LogP contribution in [0.4, 0.5) is 0 Å². The first kappa shape index (κ1) is 15.2. The summed E-state index contributed by atoms with van der Waals surface area (Å²) in [5.74, 6) is 0.704. The number of hydrogen-bond donors (Lipinski definition) is 0. The SMILES string of the molecule is Cc1ccc(=O)n(CC2CCN(C(=O)C3CCOC3)CC2)n1. The van der Waals surface area contributed by atoms with Crippen LogP contribution in [0.15, 0.2) is 16.9 Å². The molecule has 2 aliphatic heterocycles. The molecule has 2 saturated heterocycles. The zero-order valence-corrected chi connectivity index (χ0v) is 13.0. The molecule has 6 heteroatoms. The fourth-order valence-corrected chi connectivity index (χ4v) is 3.25. The van der Waals surface area contributed by atoms with Crippen molar-refractivity contribution in [3.05, 3.63) is 28.2 Å². The lowest BCUT2D eigenvalue weighted by Gasteiger charge is -2.33. The van der Waals surface area contributed by atoms with Gasteiger partial charge >= 0.3 is 0 Å². The van der Waals surface area contributed by atoms with Gasteiger partial charge in [0.05, 0.1) is 18.2 Å². The van der Waals surface area contributed by atoms with Gasteiger partial charge in [0.15, 0.2) is 0 Å². The van der Waals surface area contributed by atoms with Crippen molar-refractivity contribution in [3.63, 3.8) is 0 Å². The van der Waals surface area contributed by atoms with Crippen LogP contribution in [0.5, 0.6) is 0 Å². The van der Waals surface area contributed by atoms with Gasteiger partial charge in [-0.05, 0) is 38.2 Å². The molecule has 0 aromatic carbocycles. The monoisotopic (exact) mass is 305 g/mol. The van der Waals surface area contributed by atoms with Crippen LogP contribution in [0, 0.1) is 18.8 Å². The Kier molecular flexibility index (Phi) is 4.57. The second kappa shape index (κ2) is 6.60. The van der Waals surface area contributed by atoms with E-state index in [9.17, 15) is 9.59 Å². The van der Waals surface area contributed by atoms with Crippen molar-refractivity contribution in [2.75, 3.05) is 26.3 Å². The molecule has 1 aromatic rings. The zero-order chi connectivity index (χ0) is 15.5. The number of nitrogens with zero attached hydrogens (tertiary/aromatic N) is 3. The van der Waals surface area contributed by atoms with Gasteiger partial charge in [-0.15, -0.1) is 0 Å². The third-order valence-corrected chi connectivity index (χ3v) is 4.64. The van der Waals surface area contributed by atoms with Crippen molar-refractivity contribution in [2.45, 2.75) is 32.7 Å². The Hall–Kier alpha value is -1.69. The maximum absolute atomic E-state index is 12.3. The minimum atomic E-state index is -0.0489. The molecule has 0 bridgehead atoms. The molecule has 1 unspecified atom stereocenters. The third-order valence-electron chi connectivity index (χ3n) is 4.64. The highest BCUT2D eigenvalue weighted by atomic mass is 16.5. The van der Waals surface area contributed by atoms with Crippen molar-refractivity contribution in [3.8, 4) is 0 Å². The summed E-state index contributed by atoms with van der Waals surface area (Å²) in [5.41, 5.74) is 0.806. The van der Waals surface area contributed by atoms with Crippen molar-refractivity contribution < 1.29 is 9.53 Å². The molecule has 120 valence electrons. The van der Waals surface area contributed by atoms with E-state index in [1.165, 1.54) is 0 Å². The van der Waals surface area contributed by atoms with Crippen molar-refractivity contribution in [1.29, 1.82) is 0 Å². The lowest BCUT2D eigenvalue weighted by Crippen LogP contribution is -2.43. The molecule has 1 atom stereocenters. The third kappa shape index (κ3) is 3.38. The molecule has 0 spiro atoms. The quantitative estimate of drug-likeness (QED) is 0.829. The number of amides is 1. The molecule has 0 saturated carbocycles. The average Bonchev–Trinajstić information content (AvgIpc) is 3.05. The molecular weight excluding hydrogens is 282 g/mol. The molecule has 3 heterocycles. The van der Waals surface area contributed by atoms with Gasteiger partial charge < -0.3 is 9.64 Å². The van der Waals surface area contributed by atoms with E-state index in [0.717, 1.165) is 38.0 Å². The second-order valence-electron chi connectivity index (χ2n) is 6.32. The standard InChI is InChI=1S/C16H23N3O3/c1-12-2-3-15(20)19(17-12)10-13-4-7-18(8-5-13)16(21)14-6-9-22-11-14/h2-3,13-14H,4-11H2,1H3. The summed E-state index contributed by atoms with van der Waals surface area (Å²) in [6.07, 6.45) is 2.71. The Labute approximate surface area is 130 Å². The number of aryl methyl sites for hydroxylation is 1. The van der Waals surface area contributed by atoms with Crippen molar-refractivity contribution in [2.24, 2.45) is 11.8 Å². The Morgan fingerprint density at radius 2 is 2.09 bits per heavy atom. The topological polar surface area (TPSA) is 64.4 Å². The molecule has 0 aliphatic carbocycles. The predicted molar refractivity (Wildman–Crippen MR) is 81.5 cm³/mol. The molecule has 1 amide bonds. The van der Waals surface area contributed by atoms with Gasteiger partial charge in [0, 0.05) is 32.3 Å². The van der Waals surface area contributed by atoms with E-state index in [2.05, 4.69) is 5.10 Å². The Morgan fingerprint density at radius 1 is 1.32 bits per heavy atom. The summed E-state index contributed by atoms with van der Waals surface area (Å²) >= 11 is 0. The first-order valence-electron chi connectivity index (χ1n) is 8.05. The van der Waals surface area contributed by atoms with E-state index in [4.69, 9.17) is 4.74 Å². The van der Waals surface area contributed by atoms with E-state index in [1.54, 1.807) is 16.8 Å². The Bertz CT molecular complexity index is 585. The van der Waals surface area contributed by atoms with Crippen LogP contribution in [-0.2, 0) is 16.1 Å². The molecule has 0 N–H and O–H groups in total. The lowest BCUT2D eigenvalue weighted by atomic mass is 9.95. The predicted octanol–water partition coefficient (Wildman–Crippen LogP) is 0.827. The van der Waals surface area contributed by atoms with Gasteiger partial charge in [-0.3, -0.25) is 9.59 Å². The van der Waals surface area contributed by atoms with Gasteiger partial charge in [0.2, 0.25) is 5.91 Å². The number of aromatic nitrogens is 2. The Balaban J connectivity index is 1.54. The average molecular weight is 305 g/mol. The molecule has 2 aliphatic rings. The van der Waals surface area contributed by atoms with Crippen molar-refractivity contribution in [1.82, 2.24) is 14.7 Å². The van der Waals surface area contributed by atoms with E-state index in [1.807, 2.05) is 11.8 Å². The van der Waals surface area contributed by atoms with E-state index >= 15 is 0 Å². The first-order valence-corrected chi connectivity index (χ1v) is 8.05. The molecule has 1 aromatic heterocycles. The fourth-order valence-electron chi connectivity index (χ4n) is 3.25. The van der Waals surface area contributed by atoms with Gasteiger partial charge in [0.1, 0.15) is 0 Å². The number of rotatable bonds is 3. The highest BCUT2D eigenvalue weighted by molar-refractivity contribution is 5.79. The van der Waals surface area contributed by atoms with Gasteiger partial charge in [-0.25, -0.2) is 4.68 Å². The first-order chi connectivity index (χ1) is 10.6. The van der Waals surface area contributed by atoms with Gasteiger partial charge in [-0.2, -0.15) is 5.10 Å². The van der Waals surface area contributed by atoms with Gasteiger partial charge in [-0.1, -0.05) is 0 Å². The molecule has 2 fully saturated rings. The number of carbonyl (C=O) groups excluding carboxylic acids is 1. The summed E-state index contributed by atoms with van der Waals surface area (Å²) < 4.78 is 6.86. The van der Waals surface area contributed by atoms with E-state index < -0.39 is 0 Å². The summed E-state index contributed by atoms with van der Waals surface area (Å²) in [6.45, 7) is 5.37. The summed E-state index contributed by atoms with van der Waals surface area (Å²) in [4.78, 5) is 26.1. The van der Waals surface area contributed by atoms with Crippen LogP contribution >= 0.6 is 0 Å². The van der Waals surface area contributed by atoms with Crippen LogP contribution < -0.4 is 5.56 Å². The number of hydrogen-bond acceptors (Lipinski definition) is 4. The number of likely N-dealkylation sites (tertiary alicyclic amines) is 1. The second-order valence-corrected chi connectivity index (χ2v) is 6.32. The summed E-state index contributed by atoms with van der Waals surface area (Å²) in [5, 5.41) is 4.29.